The molecule has 2 aromatic rings. The van der Waals surface area contributed by atoms with Gasteiger partial charge in [0.15, 0.2) is 0 Å². The zero-order valence-corrected chi connectivity index (χ0v) is 20.5. The Morgan fingerprint density at radius 2 is 1.88 bits per heavy atom. The van der Waals surface area contributed by atoms with Crippen LogP contribution in [0.1, 0.15) is 63.5 Å². The fourth-order valence-electron chi connectivity index (χ4n) is 4.36. The number of ether oxygens (including phenoxy) is 1. The van der Waals surface area contributed by atoms with Crippen molar-refractivity contribution in [2.75, 3.05) is 19.7 Å². The number of carbonyl (C=O) groups excluding carboxylic acids is 1. The third kappa shape index (κ3) is 7.20. The maximum Gasteiger partial charge on any atom is 0.249 e. The van der Waals surface area contributed by atoms with Gasteiger partial charge in [-0.05, 0) is 61.8 Å². The van der Waals surface area contributed by atoms with Gasteiger partial charge in [-0.15, -0.1) is 0 Å². The molecule has 2 aromatic carbocycles. The zero-order chi connectivity index (χ0) is 24.2. The Hall–Kier alpha value is -3.10. The fourth-order valence-corrected chi connectivity index (χ4v) is 4.36. The fraction of sp³-hybridized carbons (Fsp3) is 0.448. The van der Waals surface area contributed by atoms with Crippen molar-refractivity contribution in [1.82, 2.24) is 10.6 Å². The molecule has 0 aliphatic carbocycles. The van der Waals surface area contributed by atoms with Gasteiger partial charge in [0.2, 0.25) is 5.91 Å². The van der Waals surface area contributed by atoms with E-state index in [-0.39, 0.29) is 12.0 Å². The molecule has 34 heavy (non-hydrogen) atoms. The van der Waals surface area contributed by atoms with E-state index in [0.29, 0.717) is 18.5 Å². The van der Waals surface area contributed by atoms with Crippen molar-refractivity contribution in [1.29, 1.82) is 5.26 Å². The van der Waals surface area contributed by atoms with E-state index in [2.05, 4.69) is 42.7 Å². The van der Waals surface area contributed by atoms with Crippen LogP contribution in [0.25, 0.3) is 11.1 Å². The molecule has 0 saturated carbocycles. The van der Waals surface area contributed by atoms with Crippen LogP contribution < -0.4 is 10.6 Å². The largest absolute Gasteiger partial charge is 0.388 e. The smallest absolute Gasteiger partial charge is 0.249 e. The van der Waals surface area contributed by atoms with Crippen LogP contribution in [0.3, 0.4) is 0 Å². The highest BCUT2D eigenvalue weighted by molar-refractivity contribution is 5.94. The molecule has 1 amide bonds. The summed E-state index contributed by atoms with van der Waals surface area (Å²) in [5, 5.41) is 16.0. The van der Waals surface area contributed by atoms with Crippen molar-refractivity contribution in [3.8, 4) is 17.2 Å². The van der Waals surface area contributed by atoms with E-state index in [1.54, 1.807) is 0 Å². The summed E-state index contributed by atoms with van der Waals surface area (Å²) in [5.41, 5.74) is 5.50. The van der Waals surface area contributed by atoms with Gasteiger partial charge in [-0.2, -0.15) is 5.26 Å². The monoisotopic (exact) mass is 459 g/mol. The highest BCUT2D eigenvalue weighted by Crippen LogP contribution is 2.25. The summed E-state index contributed by atoms with van der Waals surface area (Å²) in [4.78, 5) is 13.3. The summed E-state index contributed by atoms with van der Waals surface area (Å²) in [7, 11) is 0. The van der Waals surface area contributed by atoms with Crippen molar-refractivity contribution in [2.24, 2.45) is 0 Å². The molecular formula is C29H37N3O2. The Kier molecular flexibility index (Phi) is 10.2. The van der Waals surface area contributed by atoms with Gasteiger partial charge >= 0.3 is 0 Å². The predicted octanol–water partition coefficient (Wildman–Crippen LogP) is 5.51. The van der Waals surface area contributed by atoms with E-state index in [9.17, 15) is 10.1 Å². The first kappa shape index (κ1) is 25.5. The maximum atomic E-state index is 13.3. The van der Waals surface area contributed by atoms with Gasteiger partial charge in [0.25, 0.3) is 0 Å². The molecule has 1 saturated heterocycles. The number of benzene rings is 2. The molecule has 1 heterocycles. The normalized spacial score (nSPS) is 16.3. The van der Waals surface area contributed by atoms with E-state index in [4.69, 9.17) is 4.74 Å². The number of nitrogens with zero attached hydrogens (tertiary/aromatic N) is 1. The zero-order valence-electron chi connectivity index (χ0n) is 20.5. The highest BCUT2D eigenvalue weighted by atomic mass is 16.5. The van der Waals surface area contributed by atoms with Gasteiger partial charge in [-0.25, -0.2) is 0 Å². The Morgan fingerprint density at radius 3 is 2.56 bits per heavy atom. The molecule has 3 rings (SSSR count). The highest BCUT2D eigenvalue weighted by Gasteiger charge is 2.19. The van der Waals surface area contributed by atoms with Crippen LogP contribution in [0.15, 0.2) is 59.8 Å². The first-order valence-electron chi connectivity index (χ1n) is 12.6. The van der Waals surface area contributed by atoms with Gasteiger partial charge in [-0.3, -0.25) is 4.79 Å². The second kappa shape index (κ2) is 13.6. The number of carbonyl (C=O) groups is 1. The Morgan fingerprint density at radius 1 is 1.09 bits per heavy atom. The number of amides is 1. The van der Waals surface area contributed by atoms with Gasteiger partial charge in [0.1, 0.15) is 0 Å². The van der Waals surface area contributed by atoms with Gasteiger partial charge in [-0.1, -0.05) is 55.8 Å². The molecule has 0 radical (unpaired) electrons. The molecule has 0 bridgehead atoms. The molecule has 2 N–H and O–H groups in total. The van der Waals surface area contributed by atoms with Crippen LogP contribution in [0.5, 0.6) is 0 Å². The minimum atomic E-state index is -0.0138. The molecule has 1 fully saturated rings. The molecule has 5 heteroatoms. The SMILES string of the molecule is CCCC/C(NCC)=C(\Cc1ccc(-c2ccccc2C#N)cc1)C(=O)NCC1CCCCO1. The van der Waals surface area contributed by atoms with Crippen molar-refractivity contribution in [2.45, 2.75) is 64.9 Å². The quantitative estimate of drug-likeness (QED) is 0.435. The molecule has 5 nitrogen and oxygen atoms in total. The standard InChI is InChI=1S/C29H37N3O2/c1-3-5-13-28(31-4-2)27(29(33)32-21-25-11-8-9-18-34-25)19-22-14-16-23(17-15-22)26-12-7-6-10-24(26)20-30/h6-7,10,12,14-17,25,31H,3-5,8-9,11,13,18-19,21H2,1-2H3,(H,32,33)/b28-27-. The van der Waals surface area contributed by atoms with Crippen LogP contribution in [0.2, 0.25) is 0 Å². The van der Waals surface area contributed by atoms with Crippen molar-refractivity contribution >= 4 is 5.91 Å². The lowest BCUT2D eigenvalue weighted by Crippen LogP contribution is -2.37. The summed E-state index contributed by atoms with van der Waals surface area (Å²) in [6, 6.07) is 18.1. The van der Waals surface area contributed by atoms with E-state index in [0.717, 1.165) is 79.6 Å². The van der Waals surface area contributed by atoms with Crippen LogP contribution in [-0.2, 0) is 16.0 Å². The summed E-state index contributed by atoms with van der Waals surface area (Å²) < 4.78 is 5.80. The number of nitriles is 1. The molecule has 180 valence electrons. The first-order valence-corrected chi connectivity index (χ1v) is 12.6. The van der Waals surface area contributed by atoms with Crippen LogP contribution >= 0.6 is 0 Å². The van der Waals surface area contributed by atoms with Crippen LogP contribution in [0.4, 0.5) is 0 Å². The maximum absolute atomic E-state index is 13.3. The summed E-state index contributed by atoms with van der Waals surface area (Å²) in [5.74, 6) is -0.0138. The topological polar surface area (TPSA) is 74.2 Å². The molecule has 1 aliphatic rings. The number of allylic oxidation sites excluding steroid dienone is 1. The predicted molar refractivity (Wildman–Crippen MR) is 137 cm³/mol. The lowest BCUT2D eigenvalue weighted by atomic mass is 9.96. The van der Waals surface area contributed by atoms with Gasteiger partial charge in [0, 0.05) is 37.4 Å². The molecular weight excluding hydrogens is 422 g/mol. The average molecular weight is 460 g/mol. The summed E-state index contributed by atoms with van der Waals surface area (Å²) in [6.07, 6.45) is 6.90. The Balaban J connectivity index is 1.81. The molecule has 0 spiro atoms. The number of rotatable bonds is 11. The van der Waals surface area contributed by atoms with Crippen molar-refractivity contribution in [3.05, 3.63) is 70.9 Å². The molecule has 1 aliphatic heterocycles. The second-order valence-electron chi connectivity index (χ2n) is 8.82. The van der Waals surface area contributed by atoms with Crippen LogP contribution in [0, 0.1) is 11.3 Å². The minimum Gasteiger partial charge on any atom is -0.388 e. The number of hydrogen-bond acceptors (Lipinski definition) is 4. The third-order valence-electron chi connectivity index (χ3n) is 6.27. The number of nitrogens with one attached hydrogen (secondary N) is 2. The van der Waals surface area contributed by atoms with E-state index in [1.165, 1.54) is 0 Å². The van der Waals surface area contributed by atoms with Gasteiger partial charge in [0.05, 0.1) is 17.7 Å². The van der Waals surface area contributed by atoms with E-state index in [1.807, 2.05) is 36.4 Å². The van der Waals surface area contributed by atoms with Gasteiger partial charge < -0.3 is 15.4 Å². The molecule has 1 unspecified atom stereocenters. The average Bonchev–Trinajstić information content (AvgIpc) is 2.89. The number of hydrogen-bond donors (Lipinski definition) is 2. The minimum absolute atomic E-state index is 0.0138. The Labute approximate surface area is 204 Å². The van der Waals surface area contributed by atoms with Crippen LogP contribution in [-0.4, -0.2) is 31.7 Å². The third-order valence-corrected chi connectivity index (χ3v) is 6.27. The molecule has 1 atom stereocenters. The first-order chi connectivity index (χ1) is 16.7. The summed E-state index contributed by atoms with van der Waals surface area (Å²) in [6.45, 7) is 6.36. The van der Waals surface area contributed by atoms with E-state index < -0.39 is 0 Å². The van der Waals surface area contributed by atoms with E-state index >= 15 is 0 Å². The lowest BCUT2D eigenvalue weighted by Gasteiger charge is -2.23. The van der Waals surface area contributed by atoms with Crippen molar-refractivity contribution in [3.63, 3.8) is 0 Å². The van der Waals surface area contributed by atoms with Crippen molar-refractivity contribution < 1.29 is 9.53 Å². The number of unbranched alkanes of at least 4 members (excludes halogenated alkanes) is 1. The second-order valence-corrected chi connectivity index (χ2v) is 8.82. The molecule has 0 aromatic heterocycles. The lowest BCUT2D eigenvalue weighted by molar-refractivity contribution is -0.118. The summed E-state index contributed by atoms with van der Waals surface area (Å²) >= 11 is 0. The Bertz CT molecular complexity index is 999.